The number of hydrogen-bond donors (Lipinski definition) is 0. The van der Waals surface area contributed by atoms with E-state index < -0.39 is 0 Å². The SMILES string of the molecule is CC(C)(C)Cc1nc2cccnc2n1C1CCCSC1. The minimum absolute atomic E-state index is 0.251. The first-order chi connectivity index (χ1) is 9.54. The Morgan fingerprint density at radius 1 is 1.40 bits per heavy atom. The molecular formula is C16H23N3S. The van der Waals surface area contributed by atoms with Crippen molar-refractivity contribution in [3.05, 3.63) is 24.2 Å². The van der Waals surface area contributed by atoms with Gasteiger partial charge in [-0.05, 0) is 36.1 Å². The van der Waals surface area contributed by atoms with Crippen molar-refractivity contribution in [2.75, 3.05) is 11.5 Å². The third kappa shape index (κ3) is 2.85. The summed E-state index contributed by atoms with van der Waals surface area (Å²) in [4.78, 5) is 9.46. The summed E-state index contributed by atoms with van der Waals surface area (Å²) in [6.45, 7) is 6.83. The van der Waals surface area contributed by atoms with E-state index in [-0.39, 0.29) is 5.41 Å². The van der Waals surface area contributed by atoms with E-state index in [4.69, 9.17) is 4.98 Å². The molecule has 0 bridgehead atoms. The summed E-state index contributed by atoms with van der Waals surface area (Å²) in [6.07, 6.45) is 5.45. The summed E-state index contributed by atoms with van der Waals surface area (Å²) >= 11 is 2.06. The van der Waals surface area contributed by atoms with Gasteiger partial charge in [0, 0.05) is 24.4 Å². The molecule has 2 aromatic rings. The van der Waals surface area contributed by atoms with E-state index in [1.165, 1.54) is 30.2 Å². The molecule has 2 aromatic heterocycles. The van der Waals surface area contributed by atoms with Gasteiger partial charge in [0.15, 0.2) is 5.65 Å². The average molecular weight is 289 g/mol. The van der Waals surface area contributed by atoms with Gasteiger partial charge in [0.1, 0.15) is 11.3 Å². The van der Waals surface area contributed by atoms with Crippen LogP contribution in [0.25, 0.3) is 11.2 Å². The Morgan fingerprint density at radius 2 is 2.25 bits per heavy atom. The van der Waals surface area contributed by atoms with Gasteiger partial charge in [-0.3, -0.25) is 0 Å². The Kier molecular flexibility index (Phi) is 3.76. The molecule has 1 unspecified atom stereocenters. The van der Waals surface area contributed by atoms with Crippen LogP contribution in [0, 0.1) is 5.41 Å². The van der Waals surface area contributed by atoms with Gasteiger partial charge in [-0.25, -0.2) is 9.97 Å². The Labute approximate surface area is 125 Å². The zero-order valence-corrected chi connectivity index (χ0v) is 13.4. The van der Waals surface area contributed by atoms with Crippen molar-refractivity contribution in [1.82, 2.24) is 14.5 Å². The first-order valence-electron chi connectivity index (χ1n) is 7.44. The molecule has 0 aromatic carbocycles. The summed E-state index contributed by atoms with van der Waals surface area (Å²) < 4.78 is 2.42. The fraction of sp³-hybridized carbons (Fsp3) is 0.625. The fourth-order valence-corrected chi connectivity index (χ4v) is 4.01. The summed E-state index contributed by atoms with van der Waals surface area (Å²) in [6, 6.07) is 4.63. The van der Waals surface area contributed by atoms with E-state index in [9.17, 15) is 0 Å². The van der Waals surface area contributed by atoms with Crippen molar-refractivity contribution in [1.29, 1.82) is 0 Å². The molecule has 1 aliphatic rings. The Balaban J connectivity index is 2.07. The Bertz CT molecular complexity index is 591. The molecule has 3 rings (SSSR count). The molecule has 1 aliphatic heterocycles. The highest BCUT2D eigenvalue weighted by molar-refractivity contribution is 7.99. The van der Waals surface area contributed by atoms with Crippen molar-refractivity contribution in [3.8, 4) is 0 Å². The van der Waals surface area contributed by atoms with Crippen LogP contribution in [0.15, 0.2) is 18.3 Å². The zero-order valence-electron chi connectivity index (χ0n) is 12.6. The minimum Gasteiger partial charge on any atom is -0.309 e. The van der Waals surface area contributed by atoms with Gasteiger partial charge < -0.3 is 4.57 Å². The lowest BCUT2D eigenvalue weighted by molar-refractivity contribution is 0.380. The predicted molar refractivity (Wildman–Crippen MR) is 86.3 cm³/mol. The van der Waals surface area contributed by atoms with Crippen LogP contribution in [-0.4, -0.2) is 26.0 Å². The molecule has 3 nitrogen and oxygen atoms in total. The number of pyridine rings is 1. The van der Waals surface area contributed by atoms with Crippen molar-refractivity contribution < 1.29 is 0 Å². The zero-order chi connectivity index (χ0) is 14.2. The molecule has 1 atom stereocenters. The molecule has 0 saturated carbocycles. The first-order valence-corrected chi connectivity index (χ1v) is 8.60. The highest BCUT2D eigenvalue weighted by Crippen LogP contribution is 2.32. The van der Waals surface area contributed by atoms with Crippen LogP contribution in [0.2, 0.25) is 0 Å². The second-order valence-electron chi connectivity index (χ2n) is 6.85. The van der Waals surface area contributed by atoms with Crippen molar-refractivity contribution in [2.24, 2.45) is 5.41 Å². The number of aromatic nitrogens is 3. The van der Waals surface area contributed by atoms with Gasteiger partial charge in [-0.1, -0.05) is 20.8 Å². The third-order valence-corrected chi connectivity index (χ3v) is 4.91. The molecule has 0 spiro atoms. The quantitative estimate of drug-likeness (QED) is 0.834. The van der Waals surface area contributed by atoms with E-state index >= 15 is 0 Å². The van der Waals surface area contributed by atoms with Gasteiger partial charge in [0.25, 0.3) is 0 Å². The Morgan fingerprint density at radius 3 is 2.95 bits per heavy atom. The van der Waals surface area contributed by atoms with Gasteiger partial charge in [-0.15, -0.1) is 0 Å². The molecule has 0 amide bonds. The maximum atomic E-state index is 4.86. The van der Waals surface area contributed by atoms with E-state index in [0.29, 0.717) is 6.04 Å². The lowest BCUT2D eigenvalue weighted by Crippen LogP contribution is -2.21. The topological polar surface area (TPSA) is 30.7 Å². The van der Waals surface area contributed by atoms with Crippen LogP contribution in [0.5, 0.6) is 0 Å². The molecule has 20 heavy (non-hydrogen) atoms. The summed E-state index contributed by atoms with van der Waals surface area (Å²) in [5.74, 6) is 3.70. The normalized spacial score (nSPS) is 20.4. The van der Waals surface area contributed by atoms with Gasteiger partial charge in [-0.2, -0.15) is 11.8 Å². The monoisotopic (exact) mass is 289 g/mol. The lowest BCUT2D eigenvalue weighted by atomic mass is 9.92. The fourth-order valence-electron chi connectivity index (χ4n) is 2.89. The van der Waals surface area contributed by atoms with E-state index in [1.807, 2.05) is 12.3 Å². The number of rotatable bonds is 2. The molecule has 0 radical (unpaired) electrons. The molecule has 0 aliphatic carbocycles. The largest absolute Gasteiger partial charge is 0.309 e. The first kappa shape index (κ1) is 13.9. The number of hydrogen-bond acceptors (Lipinski definition) is 3. The van der Waals surface area contributed by atoms with Crippen LogP contribution in [0.3, 0.4) is 0 Å². The molecule has 1 saturated heterocycles. The standard InChI is InChI=1S/C16H23N3S/c1-16(2,3)10-14-18-13-7-4-8-17-15(13)19(14)12-6-5-9-20-11-12/h4,7-8,12H,5-6,9-11H2,1-3H3. The number of fused-ring (bicyclic) bond motifs is 1. The lowest BCUT2D eigenvalue weighted by Gasteiger charge is -2.26. The molecule has 3 heterocycles. The molecule has 4 heteroatoms. The minimum atomic E-state index is 0.251. The maximum Gasteiger partial charge on any atom is 0.160 e. The van der Waals surface area contributed by atoms with Crippen LogP contribution in [0.1, 0.15) is 45.5 Å². The average Bonchev–Trinajstić information content (AvgIpc) is 2.75. The van der Waals surface area contributed by atoms with Crippen molar-refractivity contribution in [2.45, 2.75) is 46.1 Å². The summed E-state index contributed by atoms with van der Waals surface area (Å²) in [7, 11) is 0. The number of imidazole rings is 1. The van der Waals surface area contributed by atoms with Gasteiger partial charge in [0.2, 0.25) is 0 Å². The van der Waals surface area contributed by atoms with E-state index in [2.05, 4.69) is 48.2 Å². The smallest absolute Gasteiger partial charge is 0.160 e. The Hall–Kier alpha value is -1.03. The summed E-state index contributed by atoms with van der Waals surface area (Å²) in [5.41, 5.74) is 2.36. The van der Waals surface area contributed by atoms with Crippen LogP contribution in [0.4, 0.5) is 0 Å². The predicted octanol–water partition coefficient (Wildman–Crippen LogP) is 4.09. The third-order valence-electron chi connectivity index (χ3n) is 3.71. The van der Waals surface area contributed by atoms with Gasteiger partial charge >= 0.3 is 0 Å². The van der Waals surface area contributed by atoms with E-state index in [1.54, 1.807) is 0 Å². The second kappa shape index (κ2) is 5.40. The van der Waals surface area contributed by atoms with Crippen LogP contribution >= 0.6 is 11.8 Å². The number of thioether (sulfide) groups is 1. The molecule has 1 fully saturated rings. The molecule has 108 valence electrons. The van der Waals surface area contributed by atoms with Crippen molar-refractivity contribution >= 4 is 22.9 Å². The molecular weight excluding hydrogens is 266 g/mol. The molecule has 0 N–H and O–H groups in total. The highest BCUT2D eigenvalue weighted by Gasteiger charge is 2.24. The maximum absolute atomic E-state index is 4.86. The second-order valence-corrected chi connectivity index (χ2v) is 8.00. The summed E-state index contributed by atoms with van der Waals surface area (Å²) in [5, 5.41) is 0. The van der Waals surface area contributed by atoms with Crippen LogP contribution < -0.4 is 0 Å². The number of nitrogens with zero attached hydrogens (tertiary/aromatic N) is 3. The highest BCUT2D eigenvalue weighted by atomic mass is 32.2. The van der Waals surface area contributed by atoms with Crippen molar-refractivity contribution in [3.63, 3.8) is 0 Å². The van der Waals surface area contributed by atoms with E-state index in [0.717, 1.165) is 17.6 Å². The van der Waals surface area contributed by atoms with Crippen LogP contribution in [-0.2, 0) is 6.42 Å². The van der Waals surface area contributed by atoms with Gasteiger partial charge in [0.05, 0.1) is 0 Å².